The minimum atomic E-state index is -3.99. The Labute approximate surface area is 158 Å². The molecule has 26 heavy (non-hydrogen) atoms. The highest BCUT2D eigenvalue weighted by Gasteiger charge is 2.33. The van der Waals surface area contributed by atoms with E-state index in [9.17, 15) is 23.4 Å². The first-order valence-electron chi connectivity index (χ1n) is 8.31. The fourth-order valence-electron chi connectivity index (χ4n) is 2.70. The van der Waals surface area contributed by atoms with Gasteiger partial charge in [-0.3, -0.25) is 4.79 Å². The molecule has 7 heteroatoms. The van der Waals surface area contributed by atoms with Crippen LogP contribution in [0.25, 0.3) is 0 Å². The van der Waals surface area contributed by atoms with Crippen molar-refractivity contribution < 1.29 is 23.4 Å². The zero-order valence-electron chi connectivity index (χ0n) is 14.1. The van der Waals surface area contributed by atoms with Crippen LogP contribution in [0.5, 0.6) is 5.75 Å². The Morgan fingerprint density at radius 2 is 1.58 bits per heavy atom. The molecule has 2 N–H and O–H groups in total. The van der Waals surface area contributed by atoms with Crippen LogP contribution in [-0.2, 0) is 21.1 Å². The fourth-order valence-corrected chi connectivity index (χ4v) is 4.41. The molecule has 0 bridgehead atoms. The summed E-state index contributed by atoms with van der Waals surface area (Å²) < 4.78 is 25.1. The number of aliphatic carboxylic acids is 1. The summed E-state index contributed by atoms with van der Waals surface area (Å²) in [6, 6.07) is 12.4. The van der Waals surface area contributed by atoms with Crippen molar-refractivity contribution in [2.75, 3.05) is 0 Å². The first-order valence-corrected chi connectivity index (χ1v) is 10.2. The SMILES string of the molecule is O=C(O)C(CCCCCc1ccc(Cl)cc1)S(=O)(=O)c1ccc(O)cc1. The average molecular weight is 397 g/mol. The van der Waals surface area contributed by atoms with Crippen molar-refractivity contribution in [1.82, 2.24) is 0 Å². The summed E-state index contributed by atoms with van der Waals surface area (Å²) in [6.07, 6.45) is 2.96. The van der Waals surface area contributed by atoms with Gasteiger partial charge in [0.1, 0.15) is 5.75 Å². The van der Waals surface area contributed by atoms with E-state index in [-0.39, 0.29) is 17.1 Å². The maximum Gasteiger partial charge on any atom is 0.322 e. The first kappa shape index (κ1) is 20.3. The predicted octanol–water partition coefficient (Wildman–Crippen LogP) is 4.08. The molecule has 0 saturated heterocycles. The lowest BCUT2D eigenvalue weighted by Gasteiger charge is -2.13. The van der Waals surface area contributed by atoms with Crippen LogP contribution in [0, 0.1) is 0 Å². The molecule has 0 aliphatic heterocycles. The molecule has 1 unspecified atom stereocenters. The number of carboxylic acid groups (broad SMARTS) is 1. The standard InChI is InChI=1S/C19H21ClO5S/c20-15-8-6-14(7-9-15)4-2-1-3-5-18(19(22)23)26(24,25)17-12-10-16(21)11-13-17/h6-13,18,21H,1-5H2,(H,22,23). The monoisotopic (exact) mass is 396 g/mol. The molecule has 0 amide bonds. The van der Waals surface area contributed by atoms with Crippen LogP contribution in [0.4, 0.5) is 0 Å². The number of benzene rings is 2. The molecular formula is C19H21ClO5S. The van der Waals surface area contributed by atoms with E-state index in [1.54, 1.807) is 0 Å². The zero-order chi connectivity index (χ0) is 19.2. The quantitative estimate of drug-likeness (QED) is 0.623. The summed E-state index contributed by atoms with van der Waals surface area (Å²) in [4.78, 5) is 11.4. The number of aromatic hydroxyl groups is 1. The number of carbonyl (C=O) groups is 1. The van der Waals surface area contributed by atoms with Crippen LogP contribution in [0.15, 0.2) is 53.4 Å². The van der Waals surface area contributed by atoms with Gasteiger partial charge in [-0.25, -0.2) is 8.42 Å². The van der Waals surface area contributed by atoms with Gasteiger partial charge in [-0.2, -0.15) is 0 Å². The van der Waals surface area contributed by atoms with Gasteiger partial charge in [0.25, 0.3) is 0 Å². The second kappa shape index (κ2) is 9.05. The summed E-state index contributed by atoms with van der Waals surface area (Å²) in [5, 5.41) is 17.8. The molecule has 0 aliphatic rings. The molecule has 0 aromatic heterocycles. The van der Waals surface area contributed by atoms with Crippen LogP contribution >= 0.6 is 11.6 Å². The van der Waals surface area contributed by atoms with E-state index >= 15 is 0 Å². The maximum absolute atomic E-state index is 12.5. The topological polar surface area (TPSA) is 91.7 Å². The van der Waals surface area contributed by atoms with Gasteiger partial charge in [-0.1, -0.05) is 36.6 Å². The van der Waals surface area contributed by atoms with E-state index < -0.39 is 21.1 Å². The Balaban J connectivity index is 1.90. The molecule has 2 aromatic rings. The lowest BCUT2D eigenvalue weighted by atomic mass is 10.1. The molecule has 0 fully saturated rings. The van der Waals surface area contributed by atoms with E-state index in [2.05, 4.69) is 0 Å². The highest BCUT2D eigenvalue weighted by atomic mass is 35.5. The fraction of sp³-hybridized carbons (Fsp3) is 0.316. The van der Waals surface area contributed by atoms with E-state index in [1.165, 1.54) is 24.3 Å². The summed E-state index contributed by atoms with van der Waals surface area (Å²) in [7, 11) is -3.99. The number of hydrogen-bond donors (Lipinski definition) is 2. The van der Waals surface area contributed by atoms with Gasteiger partial charge in [0.05, 0.1) is 4.90 Å². The molecule has 140 valence electrons. The van der Waals surface area contributed by atoms with Gasteiger partial charge in [0, 0.05) is 5.02 Å². The van der Waals surface area contributed by atoms with Gasteiger partial charge < -0.3 is 10.2 Å². The lowest BCUT2D eigenvalue weighted by Crippen LogP contribution is -2.30. The number of carboxylic acids is 1. The normalized spacial score (nSPS) is 12.7. The van der Waals surface area contributed by atoms with Gasteiger partial charge >= 0.3 is 5.97 Å². The van der Waals surface area contributed by atoms with Crippen LogP contribution < -0.4 is 0 Å². The summed E-state index contributed by atoms with van der Waals surface area (Å²) in [6.45, 7) is 0. The van der Waals surface area contributed by atoms with E-state index in [1.807, 2.05) is 24.3 Å². The average Bonchev–Trinajstić information content (AvgIpc) is 2.59. The Kier molecular flexibility index (Phi) is 7.06. The predicted molar refractivity (Wildman–Crippen MR) is 100 cm³/mol. The summed E-state index contributed by atoms with van der Waals surface area (Å²) >= 11 is 5.84. The number of aryl methyl sites for hydroxylation is 1. The van der Waals surface area contributed by atoms with Crippen molar-refractivity contribution in [1.29, 1.82) is 0 Å². The molecule has 0 aliphatic carbocycles. The van der Waals surface area contributed by atoms with Crippen molar-refractivity contribution >= 4 is 27.4 Å². The maximum atomic E-state index is 12.5. The van der Waals surface area contributed by atoms with E-state index in [4.69, 9.17) is 11.6 Å². The van der Waals surface area contributed by atoms with Crippen molar-refractivity contribution in [3.8, 4) is 5.75 Å². The molecule has 5 nitrogen and oxygen atoms in total. The second-order valence-corrected chi connectivity index (χ2v) is 8.66. The third-order valence-corrected chi connectivity index (χ3v) is 6.53. The summed E-state index contributed by atoms with van der Waals surface area (Å²) in [5.74, 6) is -1.42. The Bertz CT molecular complexity index is 829. The third kappa shape index (κ3) is 5.47. The Morgan fingerprint density at radius 3 is 2.15 bits per heavy atom. The Hall–Kier alpha value is -2.05. The molecule has 0 radical (unpaired) electrons. The zero-order valence-corrected chi connectivity index (χ0v) is 15.7. The van der Waals surface area contributed by atoms with E-state index in [0.29, 0.717) is 11.4 Å². The lowest BCUT2D eigenvalue weighted by molar-refractivity contribution is -0.136. The van der Waals surface area contributed by atoms with Crippen molar-refractivity contribution in [2.24, 2.45) is 0 Å². The van der Waals surface area contributed by atoms with Crippen molar-refractivity contribution in [3.63, 3.8) is 0 Å². The van der Waals surface area contributed by atoms with Crippen LogP contribution in [0.2, 0.25) is 5.02 Å². The number of phenols is 1. The second-order valence-electron chi connectivity index (χ2n) is 6.09. The van der Waals surface area contributed by atoms with Gasteiger partial charge in [-0.05, 0) is 61.2 Å². The number of unbranched alkanes of at least 4 members (excludes halogenated alkanes) is 2. The molecule has 1 atom stereocenters. The van der Waals surface area contributed by atoms with Gasteiger partial charge in [0.15, 0.2) is 15.1 Å². The molecule has 2 rings (SSSR count). The number of sulfone groups is 1. The van der Waals surface area contributed by atoms with Crippen molar-refractivity contribution in [2.45, 2.75) is 42.2 Å². The summed E-state index contributed by atoms with van der Waals surface area (Å²) in [5.41, 5.74) is 1.14. The molecule has 0 heterocycles. The molecule has 0 spiro atoms. The first-order chi connectivity index (χ1) is 12.3. The highest BCUT2D eigenvalue weighted by molar-refractivity contribution is 7.92. The third-order valence-electron chi connectivity index (χ3n) is 4.16. The van der Waals surface area contributed by atoms with Crippen molar-refractivity contribution in [3.05, 3.63) is 59.1 Å². The molecule has 2 aromatic carbocycles. The smallest absolute Gasteiger partial charge is 0.322 e. The number of halogens is 1. The minimum absolute atomic E-state index is 0.0547. The highest BCUT2D eigenvalue weighted by Crippen LogP contribution is 2.23. The van der Waals surface area contributed by atoms with Gasteiger partial charge in [-0.15, -0.1) is 0 Å². The number of phenolic OH excluding ortho intramolecular Hbond substituents is 1. The van der Waals surface area contributed by atoms with Crippen LogP contribution in [0.1, 0.15) is 31.2 Å². The molecule has 0 saturated carbocycles. The number of hydrogen-bond acceptors (Lipinski definition) is 4. The minimum Gasteiger partial charge on any atom is -0.508 e. The largest absolute Gasteiger partial charge is 0.508 e. The van der Waals surface area contributed by atoms with Gasteiger partial charge in [0.2, 0.25) is 0 Å². The number of rotatable bonds is 9. The Morgan fingerprint density at radius 1 is 0.962 bits per heavy atom. The van der Waals surface area contributed by atoms with Crippen LogP contribution in [-0.4, -0.2) is 29.9 Å². The van der Waals surface area contributed by atoms with Crippen LogP contribution in [0.3, 0.4) is 0 Å². The van der Waals surface area contributed by atoms with E-state index in [0.717, 1.165) is 24.8 Å². The molecular weight excluding hydrogens is 376 g/mol.